The van der Waals surface area contributed by atoms with Gasteiger partial charge in [-0.05, 0) is 6.92 Å². The fourth-order valence-electron chi connectivity index (χ4n) is 1.06. The number of aliphatic hydroxyl groups excluding tert-OH is 1. The molecule has 0 aromatic rings. The highest BCUT2D eigenvalue weighted by molar-refractivity contribution is 5.77. The van der Waals surface area contributed by atoms with E-state index in [1.807, 2.05) is 6.92 Å². The van der Waals surface area contributed by atoms with E-state index in [2.05, 4.69) is 11.9 Å². The summed E-state index contributed by atoms with van der Waals surface area (Å²) in [5.41, 5.74) is -0.415. The normalized spacial score (nSPS) is 35.8. The lowest BCUT2D eigenvalue weighted by Gasteiger charge is -2.35. The predicted molar refractivity (Wildman–Crippen MR) is 43.6 cm³/mol. The van der Waals surface area contributed by atoms with Gasteiger partial charge in [0.15, 0.2) is 0 Å². The second kappa shape index (κ2) is 3.25. The number of ether oxygens (including phenoxy) is 1. The Labute approximate surface area is 71.2 Å². The molecular weight excluding hydrogens is 158 g/mol. The average molecular weight is 171 g/mol. The summed E-state index contributed by atoms with van der Waals surface area (Å²) in [7, 11) is 0. The van der Waals surface area contributed by atoms with Crippen LogP contribution in [-0.4, -0.2) is 35.9 Å². The maximum atomic E-state index is 11.0. The zero-order valence-electron chi connectivity index (χ0n) is 7.04. The molecule has 4 heteroatoms. The molecule has 4 nitrogen and oxygen atoms in total. The zero-order chi connectivity index (χ0) is 9.19. The van der Waals surface area contributed by atoms with Gasteiger partial charge in [0.2, 0.25) is 0 Å². The van der Waals surface area contributed by atoms with E-state index in [9.17, 15) is 4.79 Å². The third-order valence-corrected chi connectivity index (χ3v) is 1.94. The van der Waals surface area contributed by atoms with Crippen LogP contribution in [0.5, 0.6) is 0 Å². The number of cyclic esters (lactones) is 1. The van der Waals surface area contributed by atoms with Gasteiger partial charge >= 0.3 is 5.97 Å². The lowest BCUT2D eigenvalue weighted by Crippen LogP contribution is -2.59. The molecule has 0 spiro atoms. The van der Waals surface area contributed by atoms with Gasteiger partial charge in [0.25, 0.3) is 0 Å². The van der Waals surface area contributed by atoms with Crippen molar-refractivity contribution < 1.29 is 14.6 Å². The number of carbonyl (C=O) groups is 1. The SMILES string of the molecule is C=C[C@]1(C)COC(=O)[C@H](CO)N1. The summed E-state index contributed by atoms with van der Waals surface area (Å²) in [6.45, 7) is 5.49. The number of hydrogen-bond acceptors (Lipinski definition) is 4. The smallest absolute Gasteiger partial charge is 0.325 e. The summed E-state index contributed by atoms with van der Waals surface area (Å²) in [5, 5.41) is 11.7. The van der Waals surface area contributed by atoms with Gasteiger partial charge in [-0.15, -0.1) is 6.58 Å². The first-order valence-electron chi connectivity index (χ1n) is 3.80. The standard InChI is InChI=1S/C8H13NO3/c1-3-8(2)5-12-7(11)6(4-10)9-8/h3,6,9-10H,1,4-5H2,2H3/t6-,8+/m0/s1. The number of morpholine rings is 1. The summed E-state index contributed by atoms with van der Waals surface area (Å²) >= 11 is 0. The third-order valence-electron chi connectivity index (χ3n) is 1.94. The van der Waals surface area contributed by atoms with Crippen molar-refractivity contribution in [3.05, 3.63) is 12.7 Å². The van der Waals surface area contributed by atoms with Crippen molar-refractivity contribution in [2.75, 3.05) is 13.2 Å². The van der Waals surface area contributed by atoms with Gasteiger partial charge in [-0.2, -0.15) is 0 Å². The molecule has 68 valence electrons. The van der Waals surface area contributed by atoms with E-state index >= 15 is 0 Å². The molecule has 0 aromatic heterocycles. The molecule has 1 aliphatic rings. The van der Waals surface area contributed by atoms with E-state index in [1.165, 1.54) is 0 Å². The van der Waals surface area contributed by atoms with Crippen LogP contribution in [0, 0.1) is 0 Å². The fourth-order valence-corrected chi connectivity index (χ4v) is 1.06. The maximum absolute atomic E-state index is 11.0. The molecule has 2 N–H and O–H groups in total. The van der Waals surface area contributed by atoms with Gasteiger partial charge in [-0.1, -0.05) is 6.08 Å². The molecule has 1 aliphatic heterocycles. The average Bonchev–Trinajstić information content (AvgIpc) is 2.10. The number of rotatable bonds is 2. The van der Waals surface area contributed by atoms with E-state index in [0.29, 0.717) is 0 Å². The topological polar surface area (TPSA) is 58.6 Å². The highest BCUT2D eigenvalue weighted by atomic mass is 16.5. The Bertz CT molecular complexity index is 204. The van der Waals surface area contributed by atoms with Gasteiger partial charge in [-0.25, -0.2) is 0 Å². The van der Waals surface area contributed by atoms with Gasteiger partial charge in [0.1, 0.15) is 12.6 Å². The molecule has 0 aliphatic carbocycles. The third kappa shape index (κ3) is 1.65. The summed E-state index contributed by atoms with van der Waals surface area (Å²) in [6.07, 6.45) is 1.67. The van der Waals surface area contributed by atoms with Crippen LogP contribution in [0.25, 0.3) is 0 Å². The monoisotopic (exact) mass is 171 g/mol. The van der Waals surface area contributed by atoms with Crippen LogP contribution in [0.15, 0.2) is 12.7 Å². The molecule has 1 fully saturated rings. The highest BCUT2D eigenvalue weighted by Crippen LogP contribution is 2.13. The Balaban J connectivity index is 2.67. The molecule has 1 rings (SSSR count). The Kier molecular flexibility index (Phi) is 2.49. The minimum atomic E-state index is -0.623. The van der Waals surface area contributed by atoms with E-state index < -0.39 is 17.6 Å². The van der Waals surface area contributed by atoms with Crippen LogP contribution in [0.4, 0.5) is 0 Å². The molecule has 1 heterocycles. The van der Waals surface area contributed by atoms with Crippen LogP contribution < -0.4 is 5.32 Å². The van der Waals surface area contributed by atoms with E-state index in [1.54, 1.807) is 6.08 Å². The van der Waals surface area contributed by atoms with Gasteiger partial charge in [0, 0.05) is 0 Å². The first kappa shape index (κ1) is 9.22. The predicted octanol–water partition coefficient (Wildman–Crippen LogP) is -0.562. The lowest BCUT2D eigenvalue weighted by atomic mass is 10.0. The van der Waals surface area contributed by atoms with E-state index in [-0.39, 0.29) is 13.2 Å². The van der Waals surface area contributed by atoms with Crippen molar-refractivity contribution in [1.29, 1.82) is 0 Å². The zero-order valence-corrected chi connectivity index (χ0v) is 7.04. The number of carbonyl (C=O) groups excluding carboxylic acids is 1. The minimum Gasteiger partial charge on any atom is -0.462 e. The molecule has 2 atom stereocenters. The van der Waals surface area contributed by atoms with Crippen molar-refractivity contribution in [3.8, 4) is 0 Å². The van der Waals surface area contributed by atoms with Crippen molar-refractivity contribution >= 4 is 5.97 Å². The highest BCUT2D eigenvalue weighted by Gasteiger charge is 2.35. The largest absolute Gasteiger partial charge is 0.462 e. The molecule has 0 radical (unpaired) electrons. The number of nitrogens with one attached hydrogen (secondary N) is 1. The molecule has 0 bridgehead atoms. The van der Waals surface area contributed by atoms with Gasteiger partial charge in [-0.3, -0.25) is 10.1 Å². The summed E-state index contributed by atoms with van der Waals surface area (Å²) < 4.78 is 4.86. The Morgan fingerprint density at radius 2 is 2.67 bits per heavy atom. The van der Waals surface area contributed by atoms with Gasteiger partial charge < -0.3 is 9.84 Å². The molecule has 1 saturated heterocycles. The van der Waals surface area contributed by atoms with Crippen LogP contribution >= 0.6 is 0 Å². The summed E-state index contributed by atoms with van der Waals surface area (Å²) in [4.78, 5) is 11.0. The lowest BCUT2D eigenvalue weighted by molar-refractivity contribution is -0.154. The molecule has 0 amide bonds. The van der Waals surface area contributed by atoms with Crippen LogP contribution in [0.2, 0.25) is 0 Å². The minimum absolute atomic E-state index is 0.248. The van der Waals surface area contributed by atoms with Crippen LogP contribution in [-0.2, 0) is 9.53 Å². The molecular formula is C8H13NO3. The first-order chi connectivity index (χ1) is 5.61. The van der Waals surface area contributed by atoms with Crippen molar-refractivity contribution in [2.45, 2.75) is 18.5 Å². The second-order valence-corrected chi connectivity index (χ2v) is 3.11. The Hall–Kier alpha value is -0.870. The van der Waals surface area contributed by atoms with Crippen molar-refractivity contribution in [1.82, 2.24) is 5.32 Å². The first-order valence-corrected chi connectivity index (χ1v) is 3.80. The fraction of sp³-hybridized carbons (Fsp3) is 0.625. The van der Waals surface area contributed by atoms with E-state index in [0.717, 1.165) is 0 Å². The van der Waals surface area contributed by atoms with Crippen LogP contribution in [0.1, 0.15) is 6.92 Å². The van der Waals surface area contributed by atoms with Crippen molar-refractivity contribution in [3.63, 3.8) is 0 Å². The number of hydrogen-bond donors (Lipinski definition) is 2. The summed E-state index contributed by atoms with van der Waals surface area (Å²) in [5.74, 6) is -0.406. The van der Waals surface area contributed by atoms with Crippen molar-refractivity contribution in [2.24, 2.45) is 0 Å². The van der Waals surface area contributed by atoms with Gasteiger partial charge in [0.05, 0.1) is 12.1 Å². The molecule has 0 saturated carbocycles. The molecule has 12 heavy (non-hydrogen) atoms. The Morgan fingerprint density at radius 3 is 3.17 bits per heavy atom. The quantitative estimate of drug-likeness (QED) is 0.432. The van der Waals surface area contributed by atoms with E-state index in [4.69, 9.17) is 9.84 Å². The number of esters is 1. The number of aliphatic hydroxyl groups is 1. The van der Waals surface area contributed by atoms with Crippen LogP contribution in [0.3, 0.4) is 0 Å². The summed E-state index contributed by atoms with van der Waals surface area (Å²) in [6, 6.07) is -0.623. The molecule has 0 unspecified atom stereocenters. The molecule has 0 aromatic carbocycles. The second-order valence-electron chi connectivity index (χ2n) is 3.11. The Morgan fingerprint density at radius 1 is 2.00 bits per heavy atom. The maximum Gasteiger partial charge on any atom is 0.325 e.